The van der Waals surface area contributed by atoms with Crippen LogP contribution in [0.3, 0.4) is 0 Å². The van der Waals surface area contributed by atoms with Crippen LogP contribution in [0, 0.1) is 0 Å². The second-order valence-electron chi connectivity index (χ2n) is 6.44. The first-order valence-electron chi connectivity index (χ1n) is 8.16. The van der Waals surface area contributed by atoms with Crippen LogP contribution in [0.25, 0.3) is 11.3 Å². The molecule has 1 atom stereocenters. The van der Waals surface area contributed by atoms with Crippen molar-refractivity contribution in [1.29, 1.82) is 0 Å². The maximum absolute atomic E-state index is 11.6. The van der Waals surface area contributed by atoms with E-state index in [-0.39, 0.29) is 11.8 Å². The highest BCUT2D eigenvalue weighted by Crippen LogP contribution is 2.27. The Labute approximate surface area is 136 Å². The third-order valence-electron chi connectivity index (χ3n) is 4.36. The van der Waals surface area contributed by atoms with Crippen LogP contribution < -0.4 is 0 Å². The lowest BCUT2D eigenvalue weighted by atomic mass is 9.95. The molecule has 23 heavy (non-hydrogen) atoms. The smallest absolute Gasteiger partial charge is 0.219 e. The van der Waals surface area contributed by atoms with Gasteiger partial charge in [0.2, 0.25) is 5.91 Å². The van der Waals surface area contributed by atoms with Crippen molar-refractivity contribution in [1.82, 2.24) is 24.6 Å². The molecule has 122 valence electrons. The minimum Gasteiger partial charge on any atom is -0.342 e. The zero-order valence-electron chi connectivity index (χ0n) is 13.9. The molecule has 1 amide bonds. The molecule has 1 aliphatic heterocycles. The summed E-state index contributed by atoms with van der Waals surface area (Å²) in [4.78, 5) is 22.6. The molecule has 3 rings (SSSR count). The summed E-state index contributed by atoms with van der Waals surface area (Å²) >= 11 is 0. The van der Waals surface area contributed by atoms with Crippen LogP contribution in [0.1, 0.15) is 51.3 Å². The molecule has 1 saturated heterocycles. The van der Waals surface area contributed by atoms with Gasteiger partial charge in [-0.25, -0.2) is 4.98 Å². The van der Waals surface area contributed by atoms with E-state index >= 15 is 0 Å². The summed E-state index contributed by atoms with van der Waals surface area (Å²) in [5.74, 6) is 0.400. The van der Waals surface area contributed by atoms with Crippen molar-refractivity contribution in [2.75, 3.05) is 13.1 Å². The fourth-order valence-electron chi connectivity index (χ4n) is 2.97. The third kappa shape index (κ3) is 3.41. The van der Waals surface area contributed by atoms with Crippen LogP contribution >= 0.6 is 0 Å². The summed E-state index contributed by atoms with van der Waals surface area (Å²) < 4.78 is 1.92. The van der Waals surface area contributed by atoms with E-state index in [2.05, 4.69) is 23.9 Å². The van der Waals surface area contributed by atoms with Crippen molar-refractivity contribution in [3.63, 3.8) is 0 Å². The number of nitrogens with zero attached hydrogens (tertiary/aromatic N) is 5. The molecular formula is C17H23N5O. The van der Waals surface area contributed by atoms with Gasteiger partial charge in [-0.05, 0) is 26.7 Å². The van der Waals surface area contributed by atoms with Crippen molar-refractivity contribution in [3.05, 3.63) is 30.5 Å². The lowest BCUT2D eigenvalue weighted by Crippen LogP contribution is -2.37. The highest BCUT2D eigenvalue weighted by Gasteiger charge is 2.24. The Kier molecular flexibility index (Phi) is 4.41. The topological polar surface area (TPSA) is 63.9 Å². The monoisotopic (exact) mass is 313 g/mol. The van der Waals surface area contributed by atoms with Crippen molar-refractivity contribution in [3.8, 4) is 11.3 Å². The van der Waals surface area contributed by atoms with Crippen molar-refractivity contribution in [2.24, 2.45) is 0 Å². The van der Waals surface area contributed by atoms with E-state index in [1.54, 1.807) is 13.1 Å². The molecule has 0 unspecified atom stereocenters. The van der Waals surface area contributed by atoms with Crippen LogP contribution in [-0.2, 0) is 4.79 Å². The molecule has 0 aliphatic carbocycles. The molecule has 6 heteroatoms. The van der Waals surface area contributed by atoms with Gasteiger partial charge >= 0.3 is 0 Å². The highest BCUT2D eigenvalue weighted by molar-refractivity contribution is 5.73. The third-order valence-corrected chi connectivity index (χ3v) is 4.36. The highest BCUT2D eigenvalue weighted by atomic mass is 16.2. The number of hydrogen-bond donors (Lipinski definition) is 0. The first-order valence-corrected chi connectivity index (χ1v) is 8.16. The molecule has 0 N–H and O–H groups in total. The Hall–Kier alpha value is -2.24. The average Bonchev–Trinajstić information content (AvgIpc) is 3.05. The standard InChI is InChI=1S/C17H23N5O/c1-12(2)22-11-15(7-19-22)17-9-18-8-16(20-17)14-5-4-6-21(10-14)13(3)23/h7-9,11-12,14H,4-6,10H2,1-3H3/t14-/m0/s1. The Morgan fingerprint density at radius 3 is 2.83 bits per heavy atom. The molecule has 0 saturated carbocycles. The van der Waals surface area contributed by atoms with E-state index in [0.29, 0.717) is 6.04 Å². The molecular weight excluding hydrogens is 290 g/mol. The number of rotatable bonds is 3. The molecule has 0 bridgehead atoms. The summed E-state index contributed by atoms with van der Waals surface area (Å²) in [7, 11) is 0. The van der Waals surface area contributed by atoms with Gasteiger partial charge in [0.25, 0.3) is 0 Å². The Bertz CT molecular complexity index is 694. The maximum atomic E-state index is 11.6. The molecule has 2 aromatic heterocycles. The van der Waals surface area contributed by atoms with Crippen LogP contribution in [-0.4, -0.2) is 43.6 Å². The van der Waals surface area contributed by atoms with E-state index in [0.717, 1.165) is 42.9 Å². The minimum absolute atomic E-state index is 0.136. The largest absolute Gasteiger partial charge is 0.342 e. The number of piperidine rings is 1. The van der Waals surface area contributed by atoms with E-state index in [4.69, 9.17) is 4.98 Å². The summed E-state index contributed by atoms with van der Waals surface area (Å²) in [6.45, 7) is 7.40. The maximum Gasteiger partial charge on any atom is 0.219 e. The molecule has 0 radical (unpaired) electrons. The van der Waals surface area contributed by atoms with Gasteiger partial charge in [-0.15, -0.1) is 0 Å². The zero-order valence-corrected chi connectivity index (χ0v) is 13.9. The van der Waals surface area contributed by atoms with E-state index in [1.165, 1.54) is 0 Å². The SMILES string of the molecule is CC(=O)N1CCC[C@H](c2cncc(-c3cnn(C(C)C)c3)n2)C1. The lowest BCUT2D eigenvalue weighted by Gasteiger charge is -2.31. The first kappa shape index (κ1) is 15.6. The van der Waals surface area contributed by atoms with Gasteiger partial charge in [-0.1, -0.05) is 0 Å². The second-order valence-corrected chi connectivity index (χ2v) is 6.44. The summed E-state index contributed by atoms with van der Waals surface area (Å²) in [6, 6.07) is 0.322. The van der Waals surface area contributed by atoms with E-state index < -0.39 is 0 Å². The second kappa shape index (κ2) is 6.48. The summed E-state index contributed by atoms with van der Waals surface area (Å²) in [5, 5.41) is 4.37. The predicted molar refractivity (Wildman–Crippen MR) is 87.9 cm³/mol. The van der Waals surface area contributed by atoms with Gasteiger partial charge in [-0.3, -0.25) is 14.5 Å². The van der Waals surface area contributed by atoms with Gasteiger partial charge in [0.1, 0.15) is 0 Å². The van der Waals surface area contributed by atoms with Crippen LogP contribution in [0.15, 0.2) is 24.8 Å². The van der Waals surface area contributed by atoms with Crippen LogP contribution in [0.5, 0.6) is 0 Å². The van der Waals surface area contributed by atoms with Gasteiger partial charge in [0.05, 0.1) is 23.8 Å². The zero-order chi connectivity index (χ0) is 16.4. The Morgan fingerprint density at radius 1 is 1.30 bits per heavy atom. The van der Waals surface area contributed by atoms with E-state index in [9.17, 15) is 4.79 Å². The number of aromatic nitrogens is 4. The van der Waals surface area contributed by atoms with Crippen LogP contribution in [0.4, 0.5) is 0 Å². The Morgan fingerprint density at radius 2 is 2.13 bits per heavy atom. The van der Waals surface area contributed by atoms with Gasteiger partial charge in [-0.2, -0.15) is 5.10 Å². The van der Waals surface area contributed by atoms with Gasteiger partial charge < -0.3 is 4.90 Å². The number of hydrogen-bond acceptors (Lipinski definition) is 4. The Balaban J connectivity index is 1.83. The average molecular weight is 313 g/mol. The number of carbonyl (C=O) groups excluding carboxylic acids is 1. The van der Waals surface area contributed by atoms with Crippen molar-refractivity contribution in [2.45, 2.75) is 45.6 Å². The lowest BCUT2D eigenvalue weighted by molar-refractivity contribution is -0.130. The van der Waals surface area contributed by atoms with Crippen molar-refractivity contribution >= 4 is 5.91 Å². The van der Waals surface area contributed by atoms with E-state index in [1.807, 2.05) is 28.2 Å². The van der Waals surface area contributed by atoms with Gasteiger partial charge in [0.15, 0.2) is 0 Å². The fourth-order valence-corrected chi connectivity index (χ4v) is 2.97. The molecule has 0 aromatic carbocycles. The first-order chi connectivity index (χ1) is 11.0. The van der Waals surface area contributed by atoms with Crippen molar-refractivity contribution < 1.29 is 4.79 Å². The molecule has 3 heterocycles. The van der Waals surface area contributed by atoms with Crippen LogP contribution in [0.2, 0.25) is 0 Å². The molecule has 0 spiro atoms. The molecule has 1 aliphatic rings. The quantitative estimate of drug-likeness (QED) is 0.874. The number of carbonyl (C=O) groups is 1. The number of amides is 1. The summed E-state index contributed by atoms with van der Waals surface area (Å²) in [5.41, 5.74) is 2.78. The molecule has 1 fully saturated rings. The summed E-state index contributed by atoms with van der Waals surface area (Å²) in [6.07, 6.45) is 9.49. The normalized spacial score (nSPS) is 18.4. The minimum atomic E-state index is 0.136. The molecule has 2 aromatic rings. The number of likely N-dealkylation sites (tertiary alicyclic amines) is 1. The molecule has 6 nitrogen and oxygen atoms in total. The predicted octanol–water partition coefficient (Wildman–Crippen LogP) is 2.65. The van der Waals surface area contributed by atoms with Gasteiger partial charge in [0, 0.05) is 49.9 Å². The fraction of sp³-hybridized carbons (Fsp3) is 0.529.